The maximum absolute atomic E-state index is 6.02. The molecule has 1 aliphatic rings. The molecule has 2 aromatic carbocycles. The molecular formula is C23H27ClN4O2. The number of aromatic amines is 1. The van der Waals surface area contributed by atoms with Gasteiger partial charge in [0.2, 0.25) is 0 Å². The Labute approximate surface area is 182 Å². The smallest absolute Gasteiger partial charge is 0.118 e. The van der Waals surface area contributed by atoms with Crippen LogP contribution in [0, 0.1) is 0 Å². The van der Waals surface area contributed by atoms with E-state index in [4.69, 9.17) is 21.1 Å². The third-order valence-electron chi connectivity index (χ3n) is 5.49. The lowest BCUT2D eigenvalue weighted by Gasteiger charge is -2.35. The first kappa shape index (κ1) is 20.9. The van der Waals surface area contributed by atoms with Crippen molar-refractivity contribution in [1.82, 2.24) is 20.4 Å². The molecule has 1 atom stereocenters. The molecule has 1 saturated heterocycles. The summed E-state index contributed by atoms with van der Waals surface area (Å²) in [6.45, 7) is 4.97. The van der Waals surface area contributed by atoms with E-state index >= 15 is 0 Å². The summed E-state index contributed by atoms with van der Waals surface area (Å²) in [5, 5.41) is 11.7. The van der Waals surface area contributed by atoms with E-state index in [-0.39, 0.29) is 6.04 Å². The van der Waals surface area contributed by atoms with Gasteiger partial charge in [0, 0.05) is 42.8 Å². The van der Waals surface area contributed by atoms with Gasteiger partial charge in [-0.1, -0.05) is 35.9 Å². The van der Waals surface area contributed by atoms with Gasteiger partial charge in [0.25, 0.3) is 0 Å². The van der Waals surface area contributed by atoms with Crippen molar-refractivity contribution in [1.29, 1.82) is 0 Å². The first-order valence-corrected chi connectivity index (χ1v) is 10.6. The van der Waals surface area contributed by atoms with Crippen LogP contribution in [0.15, 0.2) is 54.7 Å². The molecule has 0 saturated carbocycles. The average molecular weight is 427 g/mol. The van der Waals surface area contributed by atoms with Crippen molar-refractivity contribution in [2.24, 2.45) is 0 Å². The highest BCUT2D eigenvalue weighted by atomic mass is 35.5. The van der Waals surface area contributed by atoms with Crippen LogP contribution >= 0.6 is 11.6 Å². The Morgan fingerprint density at radius 2 is 1.87 bits per heavy atom. The van der Waals surface area contributed by atoms with Crippen LogP contribution < -0.4 is 10.1 Å². The molecular weight excluding hydrogens is 400 g/mol. The molecule has 3 aromatic rings. The van der Waals surface area contributed by atoms with E-state index in [0.717, 1.165) is 67.0 Å². The number of nitrogens with zero attached hydrogens (tertiary/aromatic N) is 2. The standard InChI is InChI=1S/C23H27ClN4O2/c1-29-21-8-4-17(5-9-21)22(28-10-12-30-13-11-28)16-25-14-19-15-26-27-23(19)18-2-6-20(24)7-3-18/h2-9,15,22,25H,10-14,16H2,1H3,(H,26,27)/t22-/m0/s1. The average Bonchev–Trinajstić information content (AvgIpc) is 3.26. The first-order valence-electron chi connectivity index (χ1n) is 10.2. The van der Waals surface area contributed by atoms with Gasteiger partial charge < -0.3 is 14.8 Å². The zero-order valence-electron chi connectivity index (χ0n) is 17.1. The Kier molecular flexibility index (Phi) is 7.02. The highest BCUT2D eigenvalue weighted by Crippen LogP contribution is 2.25. The van der Waals surface area contributed by atoms with Crippen LogP contribution in [0.5, 0.6) is 5.75 Å². The molecule has 0 bridgehead atoms. The largest absolute Gasteiger partial charge is 0.497 e. The number of benzene rings is 2. The van der Waals surface area contributed by atoms with Gasteiger partial charge in [0.1, 0.15) is 5.75 Å². The van der Waals surface area contributed by atoms with Crippen LogP contribution in [0.25, 0.3) is 11.3 Å². The molecule has 158 valence electrons. The zero-order chi connectivity index (χ0) is 20.8. The second-order valence-corrected chi connectivity index (χ2v) is 7.78. The van der Waals surface area contributed by atoms with Gasteiger partial charge >= 0.3 is 0 Å². The molecule has 0 amide bonds. The summed E-state index contributed by atoms with van der Waals surface area (Å²) in [7, 11) is 1.69. The number of H-pyrrole nitrogens is 1. The summed E-state index contributed by atoms with van der Waals surface area (Å²) in [6.07, 6.45) is 1.88. The molecule has 7 heteroatoms. The Morgan fingerprint density at radius 1 is 1.13 bits per heavy atom. The van der Waals surface area contributed by atoms with Crippen molar-refractivity contribution in [3.05, 3.63) is 70.9 Å². The predicted molar refractivity (Wildman–Crippen MR) is 119 cm³/mol. The van der Waals surface area contributed by atoms with Gasteiger partial charge in [-0.05, 0) is 35.4 Å². The monoisotopic (exact) mass is 426 g/mol. The number of ether oxygens (including phenoxy) is 2. The summed E-state index contributed by atoms with van der Waals surface area (Å²) in [5.74, 6) is 0.874. The zero-order valence-corrected chi connectivity index (χ0v) is 17.9. The van der Waals surface area contributed by atoms with E-state index in [1.165, 1.54) is 5.56 Å². The number of hydrogen-bond acceptors (Lipinski definition) is 5. The van der Waals surface area contributed by atoms with Crippen LogP contribution in [-0.4, -0.2) is 55.1 Å². The number of nitrogens with one attached hydrogen (secondary N) is 2. The Bertz CT molecular complexity index is 921. The summed E-state index contributed by atoms with van der Waals surface area (Å²) < 4.78 is 10.9. The second kappa shape index (κ2) is 10.1. The third kappa shape index (κ3) is 5.02. The highest BCUT2D eigenvalue weighted by molar-refractivity contribution is 6.30. The van der Waals surface area contributed by atoms with Crippen LogP contribution in [0.2, 0.25) is 5.02 Å². The number of morpholine rings is 1. The van der Waals surface area contributed by atoms with Crippen molar-refractivity contribution in [3.63, 3.8) is 0 Å². The lowest BCUT2D eigenvalue weighted by molar-refractivity contribution is 0.0161. The Hall–Kier alpha value is -2.38. The molecule has 2 heterocycles. The van der Waals surface area contributed by atoms with Gasteiger partial charge in [0.05, 0.1) is 32.2 Å². The molecule has 1 aliphatic heterocycles. The fourth-order valence-electron chi connectivity index (χ4n) is 3.83. The van der Waals surface area contributed by atoms with E-state index < -0.39 is 0 Å². The SMILES string of the molecule is COc1ccc([C@H](CNCc2cn[nH]c2-c2ccc(Cl)cc2)N2CCOCC2)cc1. The predicted octanol–water partition coefficient (Wildman–Crippen LogP) is 3.90. The van der Waals surface area contributed by atoms with Gasteiger partial charge in [-0.2, -0.15) is 5.10 Å². The first-order chi connectivity index (χ1) is 14.7. The van der Waals surface area contributed by atoms with Gasteiger partial charge in [0.15, 0.2) is 0 Å². The molecule has 1 fully saturated rings. The second-order valence-electron chi connectivity index (χ2n) is 7.35. The number of aromatic nitrogens is 2. The molecule has 0 spiro atoms. The Morgan fingerprint density at radius 3 is 2.57 bits per heavy atom. The minimum atomic E-state index is 0.269. The van der Waals surface area contributed by atoms with E-state index in [9.17, 15) is 0 Å². The number of hydrogen-bond donors (Lipinski definition) is 2. The minimum Gasteiger partial charge on any atom is -0.497 e. The fraction of sp³-hybridized carbons (Fsp3) is 0.348. The number of rotatable bonds is 8. The van der Waals surface area contributed by atoms with Crippen LogP contribution in [0.4, 0.5) is 0 Å². The number of methoxy groups -OCH3 is 1. The summed E-state index contributed by atoms with van der Waals surface area (Å²) in [4.78, 5) is 2.48. The molecule has 1 aromatic heterocycles. The maximum Gasteiger partial charge on any atom is 0.118 e. The maximum atomic E-state index is 6.02. The van der Waals surface area contributed by atoms with E-state index in [2.05, 4.69) is 32.5 Å². The lowest BCUT2D eigenvalue weighted by Crippen LogP contribution is -2.42. The van der Waals surface area contributed by atoms with E-state index in [1.807, 2.05) is 42.6 Å². The minimum absolute atomic E-state index is 0.269. The van der Waals surface area contributed by atoms with Crippen LogP contribution in [-0.2, 0) is 11.3 Å². The van der Waals surface area contributed by atoms with Crippen LogP contribution in [0.3, 0.4) is 0 Å². The topological polar surface area (TPSA) is 62.4 Å². The molecule has 30 heavy (non-hydrogen) atoms. The molecule has 4 rings (SSSR count). The third-order valence-corrected chi connectivity index (χ3v) is 5.74. The summed E-state index contributed by atoms with van der Waals surface area (Å²) in [6, 6.07) is 16.4. The van der Waals surface area contributed by atoms with E-state index in [0.29, 0.717) is 0 Å². The molecule has 6 nitrogen and oxygen atoms in total. The van der Waals surface area contributed by atoms with Crippen LogP contribution in [0.1, 0.15) is 17.2 Å². The fourth-order valence-corrected chi connectivity index (χ4v) is 3.95. The summed E-state index contributed by atoms with van der Waals surface area (Å²) >= 11 is 6.02. The van der Waals surface area contributed by atoms with Gasteiger partial charge in [-0.15, -0.1) is 0 Å². The van der Waals surface area contributed by atoms with Gasteiger partial charge in [-0.25, -0.2) is 0 Å². The molecule has 0 unspecified atom stereocenters. The number of halogens is 1. The lowest BCUT2D eigenvalue weighted by atomic mass is 10.0. The normalized spacial score (nSPS) is 15.8. The van der Waals surface area contributed by atoms with Crippen molar-refractivity contribution in [2.45, 2.75) is 12.6 Å². The highest BCUT2D eigenvalue weighted by Gasteiger charge is 2.22. The van der Waals surface area contributed by atoms with Gasteiger partial charge in [-0.3, -0.25) is 10.00 Å². The molecule has 2 N–H and O–H groups in total. The molecule has 0 aliphatic carbocycles. The Balaban J connectivity index is 1.45. The quantitative estimate of drug-likeness (QED) is 0.572. The van der Waals surface area contributed by atoms with Crippen molar-refractivity contribution in [2.75, 3.05) is 40.0 Å². The molecule has 0 radical (unpaired) electrons. The summed E-state index contributed by atoms with van der Waals surface area (Å²) in [5.41, 5.74) is 4.50. The van der Waals surface area contributed by atoms with Crippen molar-refractivity contribution < 1.29 is 9.47 Å². The van der Waals surface area contributed by atoms with Crippen molar-refractivity contribution in [3.8, 4) is 17.0 Å². The van der Waals surface area contributed by atoms with E-state index in [1.54, 1.807) is 7.11 Å². The van der Waals surface area contributed by atoms with Crippen molar-refractivity contribution >= 4 is 11.6 Å².